The second kappa shape index (κ2) is 13.3. The number of amides is 2. The summed E-state index contributed by atoms with van der Waals surface area (Å²) in [7, 11) is 3.08. The number of ether oxygens (including phenoxy) is 1. The molecule has 0 saturated carbocycles. The van der Waals surface area contributed by atoms with Crippen molar-refractivity contribution in [3.05, 3.63) is 74.1 Å². The van der Waals surface area contributed by atoms with Crippen molar-refractivity contribution in [2.24, 2.45) is 7.05 Å². The molecule has 4 heterocycles. The van der Waals surface area contributed by atoms with Crippen LogP contribution >= 0.6 is 0 Å². The van der Waals surface area contributed by atoms with Gasteiger partial charge in [-0.05, 0) is 55.5 Å². The van der Waals surface area contributed by atoms with Crippen molar-refractivity contribution in [2.45, 2.75) is 51.4 Å². The first kappa shape index (κ1) is 33.6. The van der Waals surface area contributed by atoms with Gasteiger partial charge in [-0.3, -0.25) is 19.4 Å². The third-order valence-electron chi connectivity index (χ3n) is 8.80. The third kappa shape index (κ3) is 6.72. The van der Waals surface area contributed by atoms with Crippen LogP contribution in [0.4, 0.5) is 24.5 Å². The highest BCUT2D eigenvalue weighted by molar-refractivity contribution is 5.91. The number of aromatic nitrogens is 7. The van der Waals surface area contributed by atoms with E-state index < -0.39 is 34.8 Å². The van der Waals surface area contributed by atoms with Crippen LogP contribution in [-0.2, 0) is 35.7 Å². The molecule has 0 radical (unpaired) electrons. The molecule has 3 aromatic heterocycles. The average molecular weight is 685 g/mol. The fraction of sp³-hybridized carbons (Fsp3) is 0.452. The van der Waals surface area contributed by atoms with Gasteiger partial charge in [0.15, 0.2) is 5.82 Å². The molecular formula is C31H35F3N10O5. The molecule has 1 saturated heterocycles. The molecule has 1 atom stereocenters. The van der Waals surface area contributed by atoms with E-state index in [1.165, 1.54) is 28.6 Å². The highest BCUT2D eigenvalue weighted by atomic mass is 19.4. The van der Waals surface area contributed by atoms with Crippen LogP contribution in [-0.4, -0.2) is 90.0 Å². The van der Waals surface area contributed by atoms with Gasteiger partial charge in [0, 0.05) is 46.0 Å². The lowest BCUT2D eigenvalue weighted by molar-refractivity contribution is -0.137. The Balaban J connectivity index is 1.34. The highest BCUT2D eigenvalue weighted by Crippen LogP contribution is 2.30. The van der Waals surface area contributed by atoms with Crippen LogP contribution in [0.1, 0.15) is 53.9 Å². The molecule has 0 bridgehead atoms. The van der Waals surface area contributed by atoms with E-state index in [1.54, 1.807) is 11.7 Å². The number of alkyl halides is 3. The molecule has 6 rings (SSSR count). The molecule has 1 unspecified atom stereocenters. The van der Waals surface area contributed by atoms with E-state index in [-0.39, 0.29) is 56.1 Å². The van der Waals surface area contributed by atoms with Gasteiger partial charge in [0.2, 0.25) is 17.5 Å². The Morgan fingerprint density at radius 3 is 2.37 bits per heavy atom. The monoisotopic (exact) mass is 684 g/mol. The van der Waals surface area contributed by atoms with Gasteiger partial charge in [0.1, 0.15) is 12.2 Å². The topological polar surface area (TPSA) is 165 Å². The normalized spacial score (nSPS) is 17.0. The molecule has 2 aliphatic rings. The number of carbonyl (C=O) groups excluding carboxylic acids is 2. The summed E-state index contributed by atoms with van der Waals surface area (Å²) in [4.78, 5) is 62.9. The predicted octanol–water partition coefficient (Wildman–Crippen LogP) is 2.08. The average Bonchev–Trinajstić information content (AvgIpc) is 3.69. The third-order valence-corrected chi connectivity index (χ3v) is 8.80. The summed E-state index contributed by atoms with van der Waals surface area (Å²) in [5.41, 5.74) is 0.0205. The standard InChI is InChI=1S/C31H35F3N10O5/c1-4-22-24(41-13-15-42(16-14-41)28(47)26-37-30(48)40(2)38-26)27(46)44-29(36-25(39-44)18-5-11-21(49-3)12-6-18)43(22)17-23(45)35-20-9-7-19(8-10-20)31(32,33)34/h5,7-10,21H,4,6,11-17H2,1-3H3,(H,35,45)(H,37,38,48). The fourth-order valence-corrected chi connectivity index (χ4v) is 6.16. The Kier molecular flexibility index (Phi) is 9.15. The van der Waals surface area contributed by atoms with Crippen molar-refractivity contribution in [1.82, 2.24) is 38.8 Å². The molecule has 1 fully saturated rings. The fourth-order valence-electron chi connectivity index (χ4n) is 6.16. The largest absolute Gasteiger partial charge is 0.416 e. The van der Waals surface area contributed by atoms with E-state index >= 15 is 0 Å². The van der Waals surface area contributed by atoms with Crippen LogP contribution in [0.2, 0.25) is 0 Å². The van der Waals surface area contributed by atoms with Crippen molar-refractivity contribution in [2.75, 3.05) is 43.5 Å². The SMILES string of the molecule is CCc1c(N2CCN(C(=O)c3nn(C)c(=O)[nH]3)CC2)c(=O)n2nc(C3=CCC(OC)CC3)nc2n1CC(=O)Nc1ccc(C(F)(F)F)cc1. The first-order valence-corrected chi connectivity index (χ1v) is 15.8. The number of aryl methyl sites for hydroxylation is 1. The number of nitrogens with zero attached hydrogens (tertiary/aromatic N) is 8. The number of nitrogens with one attached hydrogen (secondary N) is 2. The summed E-state index contributed by atoms with van der Waals surface area (Å²) in [6.07, 6.45) is -0.120. The molecule has 1 aliphatic carbocycles. The number of anilines is 2. The predicted molar refractivity (Wildman–Crippen MR) is 171 cm³/mol. The minimum absolute atomic E-state index is 0.0662. The van der Waals surface area contributed by atoms with Crippen molar-refractivity contribution < 1.29 is 27.5 Å². The lowest BCUT2D eigenvalue weighted by Gasteiger charge is -2.36. The maximum absolute atomic E-state index is 14.2. The number of halogens is 3. The minimum Gasteiger partial charge on any atom is -0.381 e. The first-order chi connectivity index (χ1) is 23.4. The minimum atomic E-state index is -4.52. The second-order valence-corrected chi connectivity index (χ2v) is 11.9. The molecule has 260 valence electrons. The molecule has 2 amide bonds. The number of hydrogen-bond acceptors (Lipinski definition) is 9. The zero-order valence-corrected chi connectivity index (χ0v) is 27.1. The Morgan fingerprint density at radius 2 is 1.80 bits per heavy atom. The van der Waals surface area contributed by atoms with E-state index in [0.717, 1.165) is 28.8 Å². The molecular weight excluding hydrogens is 649 g/mol. The molecule has 2 N–H and O–H groups in total. The maximum Gasteiger partial charge on any atom is 0.416 e. The summed E-state index contributed by atoms with van der Waals surface area (Å²) >= 11 is 0. The van der Waals surface area contributed by atoms with E-state index in [1.807, 2.05) is 17.9 Å². The summed E-state index contributed by atoms with van der Waals surface area (Å²) in [5.74, 6) is -0.580. The molecule has 1 aliphatic heterocycles. The number of fused-ring (bicyclic) bond motifs is 1. The van der Waals surface area contributed by atoms with Gasteiger partial charge in [-0.25, -0.2) is 9.48 Å². The van der Waals surface area contributed by atoms with Gasteiger partial charge in [-0.15, -0.1) is 10.2 Å². The molecule has 4 aromatic rings. The zero-order valence-electron chi connectivity index (χ0n) is 27.1. The van der Waals surface area contributed by atoms with E-state index in [9.17, 15) is 32.3 Å². The van der Waals surface area contributed by atoms with E-state index in [0.29, 0.717) is 36.5 Å². The Hall–Kier alpha value is -5.26. The summed E-state index contributed by atoms with van der Waals surface area (Å²) < 4.78 is 48.5. The molecule has 18 heteroatoms. The molecule has 0 spiro atoms. The van der Waals surface area contributed by atoms with Gasteiger partial charge >= 0.3 is 11.9 Å². The lowest BCUT2D eigenvalue weighted by atomic mass is 9.97. The molecule has 49 heavy (non-hydrogen) atoms. The van der Waals surface area contributed by atoms with Gasteiger partial charge in [0.25, 0.3) is 11.5 Å². The molecule has 1 aromatic carbocycles. The highest BCUT2D eigenvalue weighted by Gasteiger charge is 2.32. The van der Waals surface area contributed by atoms with Crippen molar-refractivity contribution >= 4 is 34.5 Å². The second-order valence-electron chi connectivity index (χ2n) is 11.9. The number of hydrogen-bond donors (Lipinski definition) is 2. The number of carbonyl (C=O) groups is 2. The number of piperazine rings is 1. The number of H-pyrrole nitrogens is 1. The Labute approximate surface area is 277 Å². The van der Waals surface area contributed by atoms with Crippen molar-refractivity contribution in [1.29, 1.82) is 0 Å². The summed E-state index contributed by atoms with van der Waals surface area (Å²) in [6, 6.07) is 4.12. The van der Waals surface area contributed by atoms with Crippen LogP contribution in [0, 0.1) is 0 Å². The van der Waals surface area contributed by atoms with Crippen LogP contribution in [0.25, 0.3) is 11.4 Å². The number of allylic oxidation sites excluding steroid dienone is 1. The first-order valence-electron chi connectivity index (χ1n) is 15.8. The van der Waals surface area contributed by atoms with Crippen molar-refractivity contribution in [3.63, 3.8) is 0 Å². The van der Waals surface area contributed by atoms with Crippen LogP contribution < -0.4 is 21.5 Å². The van der Waals surface area contributed by atoms with Gasteiger partial charge < -0.3 is 24.4 Å². The van der Waals surface area contributed by atoms with Crippen LogP contribution in [0.3, 0.4) is 0 Å². The molecule has 15 nitrogen and oxygen atoms in total. The van der Waals surface area contributed by atoms with Crippen LogP contribution in [0.15, 0.2) is 39.9 Å². The lowest BCUT2D eigenvalue weighted by Crippen LogP contribution is -2.51. The van der Waals surface area contributed by atoms with Crippen LogP contribution in [0.5, 0.6) is 0 Å². The number of benzene rings is 1. The van der Waals surface area contributed by atoms with Crippen molar-refractivity contribution in [3.8, 4) is 0 Å². The van der Waals surface area contributed by atoms with E-state index in [4.69, 9.17) is 9.72 Å². The maximum atomic E-state index is 14.2. The Morgan fingerprint density at radius 1 is 1.08 bits per heavy atom. The van der Waals surface area contributed by atoms with Gasteiger partial charge in [-0.1, -0.05) is 13.0 Å². The smallest absolute Gasteiger partial charge is 0.381 e. The Bertz CT molecular complexity index is 2040. The van der Waals surface area contributed by atoms with Gasteiger partial charge in [-0.2, -0.15) is 22.7 Å². The summed E-state index contributed by atoms with van der Waals surface area (Å²) in [6.45, 7) is 2.50. The quantitative estimate of drug-likeness (QED) is 0.283. The summed E-state index contributed by atoms with van der Waals surface area (Å²) in [5, 5.41) is 11.2. The number of aromatic amines is 1. The zero-order chi connectivity index (χ0) is 35.0. The number of rotatable bonds is 8. The van der Waals surface area contributed by atoms with E-state index in [2.05, 4.69) is 20.5 Å². The van der Waals surface area contributed by atoms with Gasteiger partial charge in [0.05, 0.1) is 17.4 Å². The number of methoxy groups -OCH3 is 1.